The lowest BCUT2D eigenvalue weighted by molar-refractivity contribution is -0.115. The zero-order valence-electron chi connectivity index (χ0n) is 13.4. The van der Waals surface area contributed by atoms with Crippen molar-refractivity contribution < 1.29 is 17.9 Å². The molecule has 0 saturated carbocycles. The molecule has 1 N–H and O–H groups in total. The van der Waals surface area contributed by atoms with E-state index in [4.69, 9.17) is 4.74 Å². The number of hydrogen-bond donors (Lipinski definition) is 1. The molecular formula is C17H16N2O4S2. The predicted octanol–water partition coefficient (Wildman–Crippen LogP) is 3.11. The van der Waals surface area contributed by atoms with Crippen molar-refractivity contribution in [1.29, 1.82) is 0 Å². The molecule has 0 aliphatic carbocycles. The van der Waals surface area contributed by atoms with E-state index in [0.29, 0.717) is 10.9 Å². The first-order valence-electron chi connectivity index (χ1n) is 7.50. The summed E-state index contributed by atoms with van der Waals surface area (Å²) in [7, 11) is -1.89. The van der Waals surface area contributed by atoms with Gasteiger partial charge in [0.15, 0.2) is 15.0 Å². The number of nitrogens with zero attached hydrogens (tertiary/aromatic N) is 1. The minimum atomic E-state index is -3.48. The number of carbonyl (C=O) groups excluding carboxylic acids is 1. The second kappa shape index (κ2) is 7.20. The Balaban J connectivity index is 1.65. The first-order chi connectivity index (χ1) is 12.0. The van der Waals surface area contributed by atoms with E-state index in [0.717, 1.165) is 10.2 Å². The molecule has 1 heterocycles. The van der Waals surface area contributed by atoms with Crippen molar-refractivity contribution in [3.8, 4) is 5.75 Å². The van der Waals surface area contributed by atoms with E-state index in [1.54, 1.807) is 37.4 Å². The SMILES string of the molecule is COc1ccc2nc(NC(=O)CCS(=O)(=O)c3ccccc3)sc2c1. The van der Waals surface area contributed by atoms with Gasteiger partial charge < -0.3 is 10.1 Å². The van der Waals surface area contributed by atoms with Gasteiger partial charge in [0.05, 0.1) is 28.0 Å². The van der Waals surface area contributed by atoms with Gasteiger partial charge in [-0.2, -0.15) is 0 Å². The van der Waals surface area contributed by atoms with Gasteiger partial charge in [0.2, 0.25) is 5.91 Å². The van der Waals surface area contributed by atoms with Gasteiger partial charge in [-0.3, -0.25) is 4.79 Å². The molecule has 0 atom stereocenters. The molecule has 0 saturated heterocycles. The average molecular weight is 376 g/mol. The lowest BCUT2D eigenvalue weighted by Gasteiger charge is -2.04. The Bertz CT molecular complexity index is 998. The molecule has 130 valence electrons. The maximum Gasteiger partial charge on any atom is 0.227 e. The number of ether oxygens (including phenoxy) is 1. The highest BCUT2D eigenvalue weighted by molar-refractivity contribution is 7.91. The minimum absolute atomic E-state index is 0.128. The normalized spacial score (nSPS) is 11.4. The third kappa shape index (κ3) is 4.15. The Labute approximate surface area is 149 Å². The monoisotopic (exact) mass is 376 g/mol. The van der Waals surface area contributed by atoms with E-state index < -0.39 is 9.84 Å². The Kier molecular flexibility index (Phi) is 5.00. The van der Waals surface area contributed by atoms with Gasteiger partial charge in [0, 0.05) is 6.42 Å². The molecule has 0 aliphatic heterocycles. The highest BCUT2D eigenvalue weighted by atomic mass is 32.2. The molecule has 1 aromatic heterocycles. The van der Waals surface area contributed by atoms with Crippen molar-refractivity contribution in [3.63, 3.8) is 0 Å². The van der Waals surface area contributed by atoms with Crippen molar-refractivity contribution in [1.82, 2.24) is 4.98 Å². The number of benzene rings is 2. The van der Waals surface area contributed by atoms with E-state index in [2.05, 4.69) is 10.3 Å². The fourth-order valence-electron chi connectivity index (χ4n) is 2.24. The molecule has 0 unspecified atom stereocenters. The summed E-state index contributed by atoms with van der Waals surface area (Å²) >= 11 is 1.31. The van der Waals surface area contributed by atoms with Crippen LogP contribution in [0.15, 0.2) is 53.4 Å². The van der Waals surface area contributed by atoms with Crippen LogP contribution in [0.2, 0.25) is 0 Å². The third-order valence-corrected chi connectivity index (χ3v) is 6.21. The second-order valence-electron chi connectivity index (χ2n) is 5.28. The van der Waals surface area contributed by atoms with Crippen molar-refractivity contribution in [3.05, 3.63) is 48.5 Å². The molecule has 0 spiro atoms. The zero-order valence-corrected chi connectivity index (χ0v) is 15.1. The summed E-state index contributed by atoms with van der Waals surface area (Å²) in [6.45, 7) is 0. The molecule has 8 heteroatoms. The lowest BCUT2D eigenvalue weighted by atomic mass is 10.3. The van der Waals surface area contributed by atoms with Crippen LogP contribution < -0.4 is 10.1 Å². The standard InChI is InChI=1S/C17H16N2O4S2/c1-23-12-7-8-14-15(11-12)24-17(18-14)19-16(20)9-10-25(21,22)13-5-3-2-4-6-13/h2-8,11H,9-10H2,1H3,(H,18,19,20). The molecule has 2 aromatic carbocycles. The van der Waals surface area contributed by atoms with Crippen LogP contribution >= 0.6 is 11.3 Å². The van der Waals surface area contributed by atoms with Crippen LogP contribution in [0.3, 0.4) is 0 Å². The van der Waals surface area contributed by atoms with E-state index in [-0.39, 0.29) is 23.0 Å². The van der Waals surface area contributed by atoms with E-state index in [1.807, 2.05) is 6.07 Å². The fourth-order valence-corrected chi connectivity index (χ4v) is 4.41. The highest BCUT2D eigenvalue weighted by Crippen LogP contribution is 2.29. The van der Waals surface area contributed by atoms with E-state index >= 15 is 0 Å². The lowest BCUT2D eigenvalue weighted by Crippen LogP contribution is -2.17. The molecule has 0 fully saturated rings. The number of amides is 1. The third-order valence-electron chi connectivity index (χ3n) is 3.54. The number of rotatable bonds is 6. The number of fused-ring (bicyclic) bond motifs is 1. The van der Waals surface area contributed by atoms with Crippen LogP contribution in [0, 0.1) is 0 Å². The fraction of sp³-hybridized carbons (Fsp3) is 0.176. The van der Waals surface area contributed by atoms with E-state index in [1.165, 1.54) is 23.5 Å². The number of aromatic nitrogens is 1. The number of carbonyl (C=O) groups is 1. The first-order valence-corrected chi connectivity index (χ1v) is 9.97. The van der Waals surface area contributed by atoms with Crippen molar-refractivity contribution in [2.24, 2.45) is 0 Å². The molecule has 0 aliphatic rings. The van der Waals surface area contributed by atoms with Gasteiger partial charge >= 0.3 is 0 Å². The minimum Gasteiger partial charge on any atom is -0.497 e. The molecular weight excluding hydrogens is 360 g/mol. The predicted molar refractivity (Wildman–Crippen MR) is 97.9 cm³/mol. The number of hydrogen-bond acceptors (Lipinski definition) is 6. The van der Waals surface area contributed by atoms with Crippen LogP contribution in [0.4, 0.5) is 5.13 Å². The van der Waals surface area contributed by atoms with Crippen LogP contribution in [0.1, 0.15) is 6.42 Å². The first kappa shape index (κ1) is 17.4. The van der Waals surface area contributed by atoms with Gasteiger partial charge in [-0.05, 0) is 30.3 Å². The number of anilines is 1. The number of sulfone groups is 1. The molecule has 1 amide bonds. The van der Waals surface area contributed by atoms with Crippen LogP contribution in [0.5, 0.6) is 5.75 Å². The van der Waals surface area contributed by atoms with E-state index in [9.17, 15) is 13.2 Å². The summed E-state index contributed by atoms with van der Waals surface area (Å²) in [5.41, 5.74) is 0.748. The second-order valence-corrected chi connectivity index (χ2v) is 8.42. The summed E-state index contributed by atoms with van der Waals surface area (Å²) in [5.74, 6) is 0.0789. The Hall–Kier alpha value is -2.45. The highest BCUT2D eigenvalue weighted by Gasteiger charge is 2.17. The van der Waals surface area contributed by atoms with Crippen LogP contribution in [-0.2, 0) is 14.6 Å². The van der Waals surface area contributed by atoms with Crippen molar-refractivity contribution >= 4 is 42.4 Å². The van der Waals surface area contributed by atoms with Gasteiger partial charge in [0.1, 0.15) is 5.75 Å². The zero-order chi connectivity index (χ0) is 17.9. The maximum absolute atomic E-state index is 12.2. The quantitative estimate of drug-likeness (QED) is 0.714. The smallest absolute Gasteiger partial charge is 0.227 e. The maximum atomic E-state index is 12.2. The summed E-state index contributed by atoms with van der Waals surface area (Å²) < 4.78 is 30.4. The number of nitrogens with one attached hydrogen (secondary N) is 1. The average Bonchev–Trinajstić information content (AvgIpc) is 3.02. The summed E-state index contributed by atoms with van der Waals surface area (Å²) in [5, 5.41) is 3.09. The number of thiazole rings is 1. The summed E-state index contributed by atoms with van der Waals surface area (Å²) in [4.78, 5) is 16.6. The molecule has 25 heavy (non-hydrogen) atoms. The Morgan fingerprint density at radius 3 is 2.68 bits per heavy atom. The summed E-state index contributed by atoms with van der Waals surface area (Å²) in [6, 6.07) is 13.5. The molecule has 3 aromatic rings. The van der Waals surface area contributed by atoms with Crippen molar-refractivity contribution in [2.45, 2.75) is 11.3 Å². The summed E-state index contributed by atoms with van der Waals surface area (Å²) in [6.07, 6.45) is -0.128. The van der Waals surface area contributed by atoms with Gasteiger partial charge in [0.25, 0.3) is 0 Å². The molecule has 6 nitrogen and oxygen atoms in total. The van der Waals surface area contributed by atoms with Crippen LogP contribution in [0.25, 0.3) is 10.2 Å². The van der Waals surface area contributed by atoms with Gasteiger partial charge in [-0.15, -0.1) is 0 Å². The largest absolute Gasteiger partial charge is 0.497 e. The van der Waals surface area contributed by atoms with Crippen molar-refractivity contribution in [2.75, 3.05) is 18.2 Å². The molecule has 3 rings (SSSR count). The topological polar surface area (TPSA) is 85.4 Å². The van der Waals surface area contributed by atoms with Gasteiger partial charge in [-0.25, -0.2) is 13.4 Å². The molecule has 0 bridgehead atoms. The Morgan fingerprint density at radius 2 is 1.96 bits per heavy atom. The van der Waals surface area contributed by atoms with Crippen LogP contribution in [-0.4, -0.2) is 32.2 Å². The number of methoxy groups -OCH3 is 1. The molecule has 0 radical (unpaired) electrons. The Morgan fingerprint density at radius 1 is 1.20 bits per heavy atom. The van der Waals surface area contributed by atoms with Gasteiger partial charge in [-0.1, -0.05) is 29.5 Å².